The average molecular weight is 420 g/mol. The highest BCUT2D eigenvalue weighted by Gasteiger charge is 2.42. The van der Waals surface area contributed by atoms with E-state index in [-0.39, 0.29) is 17.7 Å². The third-order valence-corrected chi connectivity index (χ3v) is 6.79. The smallest absolute Gasteiger partial charge is 0.235 e. The predicted molar refractivity (Wildman–Crippen MR) is 125 cm³/mol. The lowest BCUT2D eigenvalue weighted by Crippen LogP contribution is -2.49. The molecular formula is C26H33N3O2. The molecule has 0 spiro atoms. The number of rotatable bonds is 5. The van der Waals surface area contributed by atoms with E-state index in [4.69, 9.17) is 0 Å². The van der Waals surface area contributed by atoms with Crippen molar-refractivity contribution in [2.24, 2.45) is 5.92 Å². The average Bonchev–Trinajstić information content (AvgIpc) is 3.31. The Bertz CT molecular complexity index is 894. The predicted octanol–water partition coefficient (Wildman–Crippen LogP) is 4.44. The summed E-state index contributed by atoms with van der Waals surface area (Å²) < 4.78 is 0. The number of amides is 2. The largest absolute Gasteiger partial charge is 0.368 e. The fourth-order valence-electron chi connectivity index (χ4n) is 4.94. The van der Waals surface area contributed by atoms with Gasteiger partial charge in [-0.05, 0) is 42.7 Å². The maximum absolute atomic E-state index is 13.3. The van der Waals surface area contributed by atoms with Crippen LogP contribution < -0.4 is 10.2 Å². The second-order valence-corrected chi connectivity index (χ2v) is 9.12. The number of piperazine rings is 1. The minimum Gasteiger partial charge on any atom is -0.368 e. The molecule has 0 aromatic heterocycles. The van der Waals surface area contributed by atoms with Crippen LogP contribution >= 0.6 is 0 Å². The van der Waals surface area contributed by atoms with Gasteiger partial charge in [-0.1, -0.05) is 57.0 Å². The molecule has 0 unspecified atom stereocenters. The van der Waals surface area contributed by atoms with E-state index in [0.29, 0.717) is 0 Å². The van der Waals surface area contributed by atoms with Crippen LogP contribution in [0.1, 0.15) is 45.1 Å². The molecule has 1 saturated heterocycles. The quantitative estimate of drug-likeness (QED) is 0.779. The van der Waals surface area contributed by atoms with Gasteiger partial charge in [-0.2, -0.15) is 0 Å². The molecule has 0 bridgehead atoms. The first-order chi connectivity index (χ1) is 15.0. The van der Waals surface area contributed by atoms with E-state index in [9.17, 15) is 9.59 Å². The fraction of sp³-hybridized carbons (Fsp3) is 0.462. The van der Waals surface area contributed by atoms with E-state index >= 15 is 0 Å². The molecule has 164 valence electrons. The van der Waals surface area contributed by atoms with Crippen molar-refractivity contribution in [3.63, 3.8) is 0 Å². The van der Waals surface area contributed by atoms with Crippen LogP contribution in [0.25, 0.3) is 0 Å². The van der Waals surface area contributed by atoms with Gasteiger partial charge < -0.3 is 15.1 Å². The molecule has 1 N–H and O–H groups in total. The van der Waals surface area contributed by atoms with Crippen LogP contribution in [0.5, 0.6) is 0 Å². The number of nitrogens with one attached hydrogen (secondary N) is 1. The molecule has 5 nitrogen and oxygen atoms in total. The van der Waals surface area contributed by atoms with Gasteiger partial charge in [-0.3, -0.25) is 9.59 Å². The number of anilines is 2. The highest BCUT2D eigenvalue weighted by atomic mass is 16.2. The van der Waals surface area contributed by atoms with Crippen LogP contribution in [-0.2, 0) is 15.0 Å². The van der Waals surface area contributed by atoms with Gasteiger partial charge in [0.05, 0.1) is 5.41 Å². The molecule has 1 heterocycles. The summed E-state index contributed by atoms with van der Waals surface area (Å²) in [5, 5.41) is 3.18. The molecular weight excluding hydrogens is 386 g/mol. The van der Waals surface area contributed by atoms with Crippen LogP contribution in [0.3, 0.4) is 0 Å². The lowest BCUT2D eigenvalue weighted by atomic mass is 9.78. The zero-order chi connectivity index (χ0) is 21.8. The molecule has 1 aliphatic heterocycles. The van der Waals surface area contributed by atoms with E-state index < -0.39 is 5.41 Å². The lowest BCUT2D eigenvalue weighted by molar-refractivity contribution is -0.134. The van der Waals surface area contributed by atoms with Crippen LogP contribution in [-0.4, -0.2) is 42.9 Å². The summed E-state index contributed by atoms with van der Waals surface area (Å²) in [5.41, 5.74) is 2.67. The minimum atomic E-state index is -0.417. The third-order valence-electron chi connectivity index (χ3n) is 6.79. The Morgan fingerprint density at radius 1 is 0.871 bits per heavy atom. The van der Waals surface area contributed by atoms with Crippen molar-refractivity contribution in [2.75, 3.05) is 36.4 Å². The molecule has 2 aliphatic rings. The van der Waals surface area contributed by atoms with Crippen LogP contribution in [0.15, 0.2) is 54.6 Å². The van der Waals surface area contributed by atoms with Crippen molar-refractivity contribution >= 4 is 23.2 Å². The molecule has 0 radical (unpaired) electrons. The van der Waals surface area contributed by atoms with Crippen molar-refractivity contribution in [2.45, 2.75) is 44.9 Å². The first-order valence-electron chi connectivity index (χ1n) is 11.5. The summed E-state index contributed by atoms with van der Waals surface area (Å²) in [6.07, 6.45) is 3.99. The molecule has 2 aromatic rings. The maximum atomic E-state index is 13.3. The second kappa shape index (κ2) is 9.13. The molecule has 5 heteroatoms. The van der Waals surface area contributed by atoms with Crippen LogP contribution in [0, 0.1) is 5.92 Å². The van der Waals surface area contributed by atoms with E-state index in [1.54, 1.807) is 0 Å². The van der Waals surface area contributed by atoms with Gasteiger partial charge in [0.25, 0.3) is 0 Å². The summed E-state index contributed by atoms with van der Waals surface area (Å²) in [7, 11) is 0. The first kappa shape index (κ1) is 21.4. The van der Waals surface area contributed by atoms with E-state index in [1.807, 2.05) is 49.1 Å². The molecule has 2 amide bonds. The van der Waals surface area contributed by atoms with Crippen molar-refractivity contribution in [1.82, 2.24) is 4.90 Å². The van der Waals surface area contributed by atoms with Gasteiger partial charge >= 0.3 is 0 Å². The number of hydrogen-bond acceptors (Lipinski definition) is 3. The third kappa shape index (κ3) is 4.46. The highest BCUT2D eigenvalue weighted by molar-refractivity contribution is 5.99. The zero-order valence-corrected chi connectivity index (χ0v) is 18.6. The standard InChI is InChI=1S/C26H33N3O2/c1-20(2)24(30)29-18-16-28(17-19-29)23-12-10-22(11-13-23)27-25(31)26(14-6-7-15-26)21-8-4-3-5-9-21/h3-5,8-13,20H,6-7,14-19H2,1-2H3,(H,27,31). The van der Waals surface area contributed by atoms with Crippen molar-refractivity contribution < 1.29 is 9.59 Å². The van der Waals surface area contributed by atoms with Crippen LogP contribution in [0.4, 0.5) is 11.4 Å². The van der Waals surface area contributed by atoms with E-state index in [2.05, 4.69) is 34.5 Å². The Balaban J connectivity index is 1.40. The lowest BCUT2D eigenvalue weighted by Gasteiger charge is -2.37. The molecule has 2 fully saturated rings. The number of carbonyl (C=O) groups excluding carboxylic acids is 2. The van der Waals surface area contributed by atoms with Crippen LogP contribution in [0.2, 0.25) is 0 Å². The van der Waals surface area contributed by atoms with E-state index in [0.717, 1.165) is 68.8 Å². The molecule has 1 aliphatic carbocycles. The topological polar surface area (TPSA) is 52.7 Å². The Hall–Kier alpha value is -2.82. The van der Waals surface area contributed by atoms with Gasteiger partial charge in [0.15, 0.2) is 0 Å². The minimum absolute atomic E-state index is 0.0495. The van der Waals surface area contributed by atoms with Crippen molar-refractivity contribution in [3.05, 3.63) is 60.2 Å². The SMILES string of the molecule is CC(C)C(=O)N1CCN(c2ccc(NC(=O)C3(c4ccccc4)CCCC3)cc2)CC1. The van der Waals surface area contributed by atoms with Gasteiger partial charge in [0.2, 0.25) is 11.8 Å². The summed E-state index contributed by atoms with van der Waals surface area (Å²) in [5.74, 6) is 0.384. The summed E-state index contributed by atoms with van der Waals surface area (Å²) in [6.45, 7) is 7.09. The first-order valence-corrected chi connectivity index (χ1v) is 11.5. The van der Waals surface area contributed by atoms with Gasteiger partial charge in [0.1, 0.15) is 0 Å². The molecule has 4 rings (SSSR count). The van der Waals surface area contributed by atoms with Crippen molar-refractivity contribution in [1.29, 1.82) is 0 Å². The second-order valence-electron chi connectivity index (χ2n) is 9.12. The summed E-state index contributed by atoms with van der Waals surface area (Å²) in [4.78, 5) is 29.8. The number of benzene rings is 2. The molecule has 1 saturated carbocycles. The zero-order valence-electron chi connectivity index (χ0n) is 18.6. The van der Waals surface area contributed by atoms with Gasteiger partial charge in [0, 0.05) is 43.5 Å². The normalized spacial score (nSPS) is 18.3. The number of nitrogens with zero attached hydrogens (tertiary/aromatic N) is 2. The highest BCUT2D eigenvalue weighted by Crippen LogP contribution is 2.42. The molecule has 0 atom stereocenters. The Kier molecular flexibility index (Phi) is 6.30. The maximum Gasteiger partial charge on any atom is 0.235 e. The fourth-order valence-corrected chi connectivity index (χ4v) is 4.94. The van der Waals surface area contributed by atoms with Crippen molar-refractivity contribution in [3.8, 4) is 0 Å². The summed E-state index contributed by atoms with van der Waals surface area (Å²) in [6, 6.07) is 18.3. The summed E-state index contributed by atoms with van der Waals surface area (Å²) >= 11 is 0. The Morgan fingerprint density at radius 2 is 1.48 bits per heavy atom. The molecule has 31 heavy (non-hydrogen) atoms. The monoisotopic (exact) mass is 419 g/mol. The number of carbonyl (C=O) groups is 2. The Morgan fingerprint density at radius 3 is 2.06 bits per heavy atom. The molecule has 2 aromatic carbocycles. The Labute approximate surface area is 185 Å². The number of hydrogen-bond donors (Lipinski definition) is 1. The van der Waals surface area contributed by atoms with Gasteiger partial charge in [-0.25, -0.2) is 0 Å². The van der Waals surface area contributed by atoms with E-state index in [1.165, 1.54) is 0 Å². The van der Waals surface area contributed by atoms with Gasteiger partial charge in [-0.15, -0.1) is 0 Å².